The maximum absolute atomic E-state index is 12.8. The maximum Gasteiger partial charge on any atom is 0.262 e. The number of aromatic nitrogens is 2. The van der Waals surface area contributed by atoms with Gasteiger partial charge in [-0.3, -0.25) is 9.78 Å². The summed E-state index contributed by atoms with van der Waals surface area (Å²) in [6.45, 7) is 5.19. The first-order chi connectivity index (χ1) is 10.2. The number of halogens is 1. The topological polar surface area (TPSA) is 58.1 Å². The molecule has 0 bridgehead atoms. The third-order valence-electron chi connectivity index (χ3n) is 2.96. The van der Waals surface area contributed by atoms with Crippen LogP contribution in [0.5, 0.6) is 0 Å². The molecule has 0 aromatic carbocycles. The summed E-state index contributed by atoms with van der Waals surface area (Å²) >= 11 is 3.37. The Bertz CT molecular complexity index is 618. The van der Waals surface area contributed by atoms with E-state index in [-0.39, 0.29) is 5.91 Å². The standard InChI is InChI=1S/C15H17BrN4O/c1-3-18-14-13(9-11(16)10-19-14)15(21)20(4-2)12-5-7-17-8-6-12/h5-10H,3-4H2,1-2H3,(H,18,19). The largest absolute Gasteiger partial charge is 0.370 e. The molecule has 0 aliphatic heterocycles. The van der Waals surface area contributed by atoms with Gasteiger partial charge in [-0.1, -0.05) is 0 Å². The molecule has 0 unspecified atom stereocenters. The molecule has 1 amide bonds. The van der Waals surface area contributed by atoms with E-state index in [4.69, 9.17) is 0 Å². The highest BCUT2D eigenvalue weighted by Crippen LogP contribution is 2.22. The third-order valence-corrected chi connectivity index (χ3v) is 3.40. The molecule has 0 saturated heterocycles. The van der Waals surface area contributed by atoms with Crippen molar-refractivity contribution in [2.75, 3.05) is 23.3 Å². The molecule has 1 N–H and O–H groups in total. The quantitative estimate of drug-likeness (QED) is 0.900. The number of amides is 1. The summed E-state index contributed by atoms with van der Waals surface area (Å²) in [6.07, 6.45) is 5.03. The van der Waals surface area contributed by atoms with Crippen LogP contribution in [0.2, 0.25) is 0 Å². The molecule has 0 saturated carbocycles. The van der Waals surface area contributed by atoms with Gasteiger partial charge in [-0.05, 0) is 48.0 Å². The predicted octanol–water partition coefficient (Wildman–Crippen LogP) is 3.34. The molecule has 0 aliphatic carbocycles. The summed E-state index contributed by atoms with van der Waals surface area (Å²) in [6, 6.07) is 5.43. The summed E-state index contributed by atoms with van der Waals surface area (Å²) < 4.78 is 0.776. The molecule has 6 heteroatoms. The van der Waals surface area contributed by atoms with Crippen molar-refractivity contribution < 1.29 is 4.79 Å². The van der Waals surface area contributed by atoms with Crippen molar-refractivity contribution in [3.05, 3.63) is 46.8 Å². The van der Waals surface area contributed by atoms with E-state index in [1.54, 1.807) is 29.6 Å². The zero-order valence-corrected chi connectivity index (χ0v) is 13.6. The minimum atomic E-state index is -0.0894. The number of nitrogens with one attached hydrogen (secondary N) is 1. The zero-order valence-electron chi connectivity index (χ0n) is 12.0. The molecular formula is C15H17BrN4O. The lowest BCUT2D eigenvalue weighted by Crippen LogP contribution is -2.31. The van der Waals surface area contributed by atoms with E-state index in [0.29, 0.717) is 24.5 Å². The Hall–Kier alpha value is -1.95. The van der Waals surface area contributed by atoms with Crippen LogP contribution in [0.15, 0.2) is 41.3 Å². The smallest absolute Gasteiger partial charge is 0.262 e. The normalized spacial score (nSPS) is 10.2. The highest BCUT2D eigenvalue weighted by molar-refractivity contribution is 9.10. The van der Waals surface area contributed by atoms with Crippen LogP contribution in [0.25, 0.3) is 0 Å². The van der Waals surface area contributed by atoms with Crippen molar-refractivity contribution in [1.82, 2.24) is 9.97 Å². The monoisotopic (exact) mass is 348 g/mol. The summed E-state index contributed by atoms with van der Waals surface area (Å²) in [5, 5.41) is 3.12. The van der Waals surface area contributed by atoms with E-state index in [1.807, 2.05) is 26.0 Å². The van der Waals surface area contributed by atoms with Gasteiger partial charge in [-0.2, -0.15) is 0 Å². The van der Waals surface area contributed by atoms with Crippen molar-refractivity contribution in [3.63, 3.8) is 0 Å². The zero-order chi connectivity index (χ0) is 15.2. The number of hydrogen-bond acceptors (Lipinski definition) is 4. The van der Waals surface area contributed by atoms with Gasteiger partial charge in [-0.25, -0.2) is 4.98 Å². The van der Waals surface area contributed by atoms with Crippen LogP contribution in [0, 0.1) is 0 Å². The molecule has 2 heterocycles. The van der Waals surface area contributed by atoms with Crippen molar-refractivity contribution in [2.24, 2.45) is 0 Å². The number of nitrogens with zero attached hydrogens (tertiary/aromatic N) is 3. The summed E-state index contributed by atoms with van der Waals surface area (Å²) in [7, 11) is 0. The number of carbonyl (C=O) groups is 1. The van der Waals surface area contributed by atoms with E-state index in [1.165, 1.54) is 0 Å². The number of pyridine rings is 2. The fourth-order valence-corrected chi connectivity index (χ4v) is 2.35. The Labute approximate surface area is 132 Å². The Morgan fingerprint density at radius 3 is 2.67 bits per heavy atom. The molecule has 2 rings (SSSR count). The SMILES string of the molecule is CCNc1ncc(Br)cc1C(=O)N(CC)c1ccncc1. The second-order valence-corrected chi connectivity index (χ2v) is 5.25. The Morgan fingerprint density at radius 2 is 2.05 bits per heavy atom. The average Bonchev–Trinajstić information content (AvgIpc) is 2.51. The molecule has 2 aromatic heterocycles. The van der Waals surface area contributed by atoms with E-state index in [9.17, 15) is 4.79 Å². The number of anilines is 2. The number of carbonyl (C=O) groups excluding carboxylic acids is 1. The summed E-state index contributed by atoms with van der Waals surface area (Å²) in [5.41, 5.74) is 1.37. The van der Waals surface area contributed by atoms with Gasteiger partial charge in [0.25, 0.3) is 5.91 Å². The van der Waals surface area contributed by atoms with Crippen LogP contribution < -0.4 is 10.2 Å². The lowest BCUT2D eigenvalue weighted by molar-refractivity contribution is 0.0988. The fourth-order valence-electron chi connectivity index (χ4n) is 2.02. The van der Waals surface area contributed by atoms with Crippen LogP contribution in [0.3, 0.4) is 0 Å². The van der Waals surface area contributed by atoms with Gasteiger partial charge in [0.05, 0.1) is 5.56 Å². The number of rotatable bonds is 5. The number of hydrogen-bond donors (Lipinski definition) is 1. The summed E-state index contributed by atoms with van der Waals surface area (Å²) in [4.78, 5) is 22.8. The van der Waals surface area contributed by atoms with E-state index < -0.39 is 0 Å². The first kappa shape index (κ1) is 15.4. The van der Waals surface area contributed by atoms with E-state index >= 15 is 0 Å². The maximum atomic E-state index is 12.8. The average molecular weight is 349 g/mol. The van der Waals surface area contributed by atoms with Gasteiger partial charge >= 0.3 is 0 Å². The van der Waals surface area contributed by atoms with E-state index in [0.717, 1.165) is 10.2 Å². The van der Waals surface area contributed by atoms with Crippen molar-refractivity contribution in [1.29, 1.82) is 0 Å². The van der Waals surface area contributed by atoms with Gasteiger partial charge < -0.3 is 10.2 Å². The molecule has 0 aliphatic rings. The van der Waals surface area contributed by atoms with Gasteiger partial charge in [0.1, 0.15) is 5.82 Å². The van der Waals surface area contributed by atoms with Crippen LogP contribution in [0.1, 0.15) is 24.2 Å². The Kier molecular flexibility index (Phi) is 5.27. The first-order valence-corrected chi connectivity index (χ1v) is 7.58. The fraction of sp³-hybridized carbons (Fsp3) is 0.267. The van der Waals surface area contributed by atoms with Crippen molar-refractivity contribution in [2.45, 2.75) is 13.8 Å². The van der Waals surface area contributed by atoms with Crippen molar-refractivity contribution >= 4 is 33.3 Å². The van der Waals surface area contributed by atoms with Gasteiger partial charge in [0.2, 0.25) is 0 Å². The lowest BCUT2D eigenvalue weighted by atomic mass is 10.2. The van der Waals surface area contributed by atoms with E-state index in [2.05, 4.69) is 31.2 Å². The minimum Gasteiger partial charge on any atom is -0.370 e. The minimum absolute atomic E-state index is 0.0894. The summed E-state index contributed by atoms with van der Waals surface area (Å²) in [5.74, 6) is 0.506. The first-order valence-electron chi connectivity index (χ1n) is 6.78. The van der Waals surface area contributed by atoms with Crippen LogP contribution >= 0.6 is 15.9 Å². The van der Waals surface area contributed by atoms with Gasteiger partial charge in [0, 0.05) is 41.8 Å². The molecule has 2 aromatic rings. The molecule has 21 heavy (non-hydrogen) atoms. The molecule has 110 valence electrons. The highest BCUT2D eigenvalue weighted by Gasteiger charge is 2.20. The molecule has 0 atom stereocenters. The third kappa shape index (κ3) is 3.58. The molecular weight excluding hydrogens is 332 g/mol. The van der Waals surface area contributed by atoms with Crippen LogP contribution in [-0.2, 0) is 0 Å². The lowest BCUT2D eigenvalue weighted by Gasteiger charge is -2.22. The predicted molar refractivity (Wildman–Crippen MR) is 87.7 cm³/mol. The van der Waals surface area contributed by atoms with Gasteiger partial charge in [0.15, 0.2) is 0 Å². The molecule has 0 fully saturated rings. The highest BCUT2D eigenvalue weighted by atomic mass is 79.9. The molecule has 0 radical (unpaired) electrons. The molecule has 5 nitrogen and oxygen atoms in total. The van der Waals surface area contributed by atoms with Crippen LogP contribution in [0.4, 0.5) is 11.5 Å². The van der Waals surface area contributed by atoms with Crippen molar-refractivity contribution in [3.8, 4) is 0 Å². The second kappa shape index (κ2) is 7.17. The van der Waals surface area contributed by atoms with Gasteiger partial charge in [-0.15, -0.1) is 0 Å². The Balaban J connectivity index is 2.40. The van der Waals surface area contributed by atoms with Crippen LogP contribution in [-0.4, -0.2) is 29.0 Å². The Morgan fingerprint density at radius 1 is 1.33 bits per heavy atom. The molecule has 0 spiro atoms. The second-order valence-electron chi connectivity index (χ2n) is 4.33.